The molecule has 0 aliphatic rings. The summed E-state index contributed by atoms with van der Waals surface area (Å²) >= 11 is 0. The van der Waals surface area contributed by atoms with Crippen LogP contribution < -0.4 is 0 Å². The first-order valence-corrected chi connectivity index (χ1v) is 14.0. The Labute approximate surface area is 207 Å². The lowest BCUT2D eigenvalue weighted by molar-refractivity contribution is 0.336. The molecular weight excluding hydrogens is 400 g/mol. The van der Waals surface area contributed by atoms with Gasteiger partial charge in [-0.2, -0.15) is 0 Å². The number of rotatable bonds is 22. The summed E-state index contributed by atoms with van der Waals surface area (Å²) in [5, 5.41) is 0. The molecule has 0 unspecified atom stereocenters. The Balaban J connectivity index is 5.21. The Bertz CT molecular complexity index is 534. The van der Waals surface area contributed by atoms with Crippen LogP contribution in [0.5, 0.6) is 0 Å². The zero-order valence-electron chi connectivity index (χ0n) is 22.5. The van der Waals surface area contributed by atoms with Crippen molar-refractivity contribution in [3.8, 4) is 0 Å². The average molecular weight is 455 g/mol. The van der Waals surface area contributed by atoms with Gasteiger partial charge in [-0.05, 0) is 62.8 Å². The Hall–Kier alpha value is -1.76. The van der Waals surface area contributed by atoms with Crippen molar-refractivity contribution >= 4 is 0 Å². The summed E-state index contributed by atoms with van der Waals surface area (Å²) in [4.78, 5) is 0. The third-order valence-corrected chi connectivity index (χ3v) is 5.49. The molecule has 188 valence electrons. The van der Waals surface area contributed by atoms with E-state index in [0.29, 0.717) is 0 Å². The lowest BCUT2D eigenvalue weighted by Gasteiger charge is -2.07. The lowest BCUT2D eigenvalue weighted by Crippen LogP contribution is -1.89. The van der Waals surface area contributed by atoms with E-state index in [1.165, 1.54) is 77.0 Å². The van der Waals surface area contributed by atoms with Crippen LogP contribution in [0.4, 0.5) is 0 Å². The van der Waals surface area contributed by atoms with Crippen molar-refractivity contribution in [2.45, 2.75) is 130 Å². The number of allylic oxidation sites excluding steroid dienone is 10. The normalized spacial score (nSPS) is 13.5. The fraction of sp³-hybridized carbons (Fsp3) is 0.625. The van der Waals surface area contributed by atoms with Gasteiger partial charge in [0.2, 0.25) is 0 Å². The molecule has 0 amide bonds. The first-order valence-electron chi connectivity index (χ1n) is 14.0. The molecule has 0 bridgehead atoms. The largest absolute Gasteiger partial charge is 0.457 e. The van der Waals surface area contributed by atoms with E-state index < -0.39 is 0 Å². The van der Waals surface area contributed by atoms with Crippen LogP contribution in [0.25, 0.3) is 0 Å². The van der Waals surface area contributed by atoms with E-state index in [1.807, 2.05) is 0 Å². The quantitative estimate of drug-likeness (QED) is 0.0897. The Morgan fingerprint density at radius 3 is 1.24 bits per heavy atom. The minimum atomic E-state index is 0.919. The van der Waals surface area contributed by atoms with Crippen LogP contribution in [0.2, 0.25) is 0 Å². The van der Waals surface area contributed by atoms with Crippen molar-refractivity contribution < 1.29 is 4.74 Å². The summed E-state index contributed by atoms with van der Waals surface area (Å²) in [6.07, 6.45) is 41.6. The molecule has 0 spiro atoms. The smallest absolute Gasteiger partial charge is 0.127 e. The molecule has 0 fully saturated rings. The topological polar surface area (TPSA) is 9.23 Å². The van der Waals surface area contributed by atoms with Gasteiger partial charge in [-0.25, -0.2) is 0 Å². The monoisotopic (exact) mass is 454 g/mol. The summed E-state index contributed by atoms with van der Waals surface area (Å²) in [5.74, 6) is 1.84. The molecule has 0 aliphatic heterocycles. The minimum absolute atomic E-state index is 0.919. The number of ether oxygens (including phenoxy) is 1. The predicted molar refractivity (Wildman–Crippen MR) is 150 cm³/mol. The molecule has 1 nitrogen and oxygen atoms in total. The van der Waals surface area contributed by atoms with E-state index >= 15 is 0 Å². The van der Waals surface area contributed by atoms with Gasteiger partial charge < -0.3 is 4.74 Å². The molecule has 0 saturated carbocycles. The Morgan fingerprint density at radius 1 is 0.455 bits per heavy atom. The van der Waals surface area contributed by atoms with Crippen LogP contribution in [0, 0.1) is 0 Å². The molecule has 0 saturated heterocycles. The summed E-state index contributed by atoms with van der Waals surface area (Å²) in [5.41, 5.74) is 0. The summed E-state index contributed by atoms with van der Waals surface area (Å²) in [6, 6.07) is 0. The van der Waals surface area contributed by atoms with Crippen LogP contribution in [0.3, 0.4) is 0 Å². The molecular formula is C32H54O. The first-order chi connectivity index (χ1) is 16.3. The third-order valence-electron chi connectivity index (χ3n) is 5.49. The van der Waals surface area contributed by atoms with Gasteiger partial charge in [-0.1, -0.05) is 128 Å². The van der Waals surface area contributed by atoms with E-state index in [4.69, 9.17) is 4.74 Å². The second-order valence-electron chi connectivity index (χ2n) is 8.88. The molecule has 0 aromatic rings. The van der Waals surface area contributed by atoms with Crippen molar-refractivity contribution in [3.63, 3.8) is 0 Å². The van der Waals surface area contributed by atoms with Crippen molar-refractivity contribution in [1.29, 1.82) is 0 Å². The first kappa shape index (κ1) is 31.2. The highest BCUT2D eigenvalue weighted by molar-refractivity contribution is 5.26. The number of hydrogen-bond donors (Lipinski definition) is 0. The molecule has 1 heteroatoms. The molecule has 0 aliphatic carbocycles. The molecule has 0 rings (SSSR count). The van der Waals surface area contributed by atoms with Crippen LogP contribution in [0.1, 0.15) is 130 Å². The summed E-state index contributed by atoms with van der Waals surface area (Å²) < 4.78 is 6.37. The van der Waals surface area contributed by atoms with Crippen LogP contribution in [0.15, 0.2) is 72.3 Å². The number of hydrogen-bond acceptors (Lipinski definition) is 1. The van der Waals surface area contributed by atoms with E-state index in [1.54, 1.807) is 0 Å². The van der Waals surface area contributed by atoms with Gasteiger partial charge in [0, 0.05) is 0 Å². The second kappa shape index (κ2) is 26.5. The predicted octanol–water partition coefficient (Wildman–Crippen LogP) is 11.3. The zero-order chi connectivity index (χ0) is 24.2. The molecule has 33 heavy (non-hydrogen) atoms. The molecule has 0 aromatic heterocycles. The molecule has 0 atom stereocenters. The molecule has 0 radical (unpaired) electrons. The second-order valence-corrected chi connectivity index (χ2v) is 8.88. The highest BCUT2D eigenvalue weighted by Gasteiger charge is 1.98. The minimum Gasteiger partial charge on any atom is -0.457 e. The van der Waals surface area contributed by atoms with Gasteiger partial charge in [0.05, 0.1) is 0 Å². The number of unbranched alkanes of at least 4 members (excludes halogenated alkanes) is 12. The van der Waals surface area contributed by atoms with Gasteiger partial charge in [-0.15, -0.1) is 0 Å². The van der Waals surface area contributed by atoms with Crippen molar-refractivity contribution in [2.24, 2.45) is 0 Å². The fourth-order valence-electron chi connectivity index (χ4n) is 3.32. The zero-order valence-corrected chi connectivity index (χ0v) is 22.5. The van der Waals surface area contributed by atoms with Gasteiger partial charge in [-0.3, -0.25) is 0 Å². The maximum Gasteiger partial charge on any atom is 0.127 e. The van der Waals surface area contributed by atoms with E-state index in [-0.39, 0.29) is 0 Å². The highest BCUT2D eigenvalue weighted by Crippen LogP contribution is 2.14. The molecule has 0 heterocycles. The van der Waals surface area contributed by atoms with Gasteiger partial charge >= 0.3 is 0 Å². The van der Waals surface area contributed by atoms with E-state index in [0.717, 1.165) is 37.2 Å². The lowest BCUT2D eigenvalue weighted by atomic mass is 10.1. The van der Waals surface area contributed by atoms with Crippen LogP contribution in [-0.2, 0) is 4.74 Å². The van der Waals surface area contributed by atoms with Crippen LogP contribution in [-0.4, -0.2) is 0 Å². The standard InChI is InChI=1S/C32H54O/c1-5-9-13-17-21-25-29-31(27-23-19-15-11-7-3)33-32(28-24-20-16-12-8-4)30-26-22-18-14-10-6-2/h19-20,23-30H,5-18,21-22H2,1-4H3. The van der Waals surface area contributed by atoms with Gasteiger partial charge in [0.25, 0.3) is 0 Å². The summed E-state index contributed by atoms with van der Waals surface area (Å²) in [6.45, 7) is 8.99. The Kier molecular flexibility index (Phi) is 25.1. The third kappa shape index (κ3) is 23.2. The van der Waals surface area contributed by atoms with Crippen molar-refractivity contribution in [1.82, 2.24) is 0 Å². The van der Waals surface area contributed by atoms with E-state index in [9.17, 15) is 0 Å². The molecule has 0 N–H and O–H groups in total. The SMILES string of the molecule is CCCCC=CC=C(C=CCCCCCC)OC(C=CCCCCCC)=CC=CCCCC. The highest BCUT2D eigenvalue weighted by atomic mass is 16.5. The summed E-state index contributed by atoms with van der Waals surface area (Å²) in [7, 11) is 0. The maximum atomic E-state index is 6.37. The van der Waals surface area contributed by atoms with Crippen LogP contribution >= 0.6 is 0 Å². The van der Waals surface area contributed by atoms with Gasteiger partial charge in [0.15, 0.2) is 0 Å². The Morgan fingerprint density at radius 2 is 0.848 bits per heavy atom. The van der Waals surface area contributed by atoms with Crippen molar-refractivity contribution in [2.75, 3.05) is 0 Å². The average Bonchev–Trinajstić information content (AvgIpc) is 2.82. The van der Waals surface area contributed by atoms with Crippen molar-refractivity contribution in [3.05, 3.63) is 72.3 Å². The fourth-order valence-corrected chi connectivity index (χ4v) is 3.32. The molecule has 0 aromatic carbocycles. The van der Waals surface area contributed by atoms with Gasteiger partial charge in [0.1, 0.15) is 11.5 Å². The maximum absolute atomic E-state index is 6.37. The van der Waals surface area contributed by atoms with E-state index in [2.05, 4.69) is 88.5 Å².